The lowest BCUT2D eigenvalue weighted by Gasteiger charge is -2.10. The average molecular weight is 208 g/mol. The van der Waals surface area contributed by atoms with Crippen molar-refractivity contribution < 1.29 is 13.5 Å². The molecule has 0 unspecified atom stereocenters. The predicted octanol–water partition coefficient (Wildman–Crippen LogP) is 2.99. The summed E-state index contributed by atoms with van der Waals surface area (Å²) in [5, 5.41) is -0.0330. The van der Waals surface area contributed by atoms with E-state index >= 15 is 0 Å². The third kappa shape index (κ3) is 1.88. The quantitative estimate of drug-likeness (QED) is 0.744. The summed E-state index contributed by atoms with van der Waals surface area (Å²) in [6.07, 6.45) is -1.41. The van der Waals surface area contributed by atoms with Gasteiger partial charge < -0.3 is 4.74 Å². The Morgan fingerprint density at radius 2 is 2.15 bits per heavy atom. The minimum absolute atomic E-state index is 0.0191. The van der Waals surface area contributed by atoms with Crippen LogP contribution in [-0.2, 0) is 0 Å². The van der Waals surface area contributed by atoms with Crippen molar-refractivity contribution in [2.24, 2.45) is 0 Å². The van der Waals surface area contributed by atoms with Gasteiger partial charge in [-0.2, -0.15) is 0 Å². The molecule has 0 amide bonds. The van der Waals surface area contributed by atoms with Crippen LogP contribution in [0.25, 0.3) is 0 Å². The van der Waals surface area contributed by atoms with Gasteiger partial charge in [0.2, 0.25) is 0 Å². The van der Waals surface area contributed by atoms with E-state index in [9.17, 15) is 8.78 Å². The zero-order chi connectivity index (χ0) is 10.0. The molecule has 0 fully saturated rings. The first-order valence-electron chi connectivity index (χ1n) is 3.55. The lowest BCUT2D eigenvalue weighted by atomic mass is 10.2. The molecule has 0 aromatic carbocycles. The summed E-state index contributed by atoms with van der Waals surface area (Å²) >= 11 is 5.65. The van der Waals surface area contributed by atoms with E-state index in [1.807, 2.05) is 0 Å². The molecule has 2 nitrogen and oxygen atoms in total. The minimum Gasteiger partial charge on any atom is -0.495 e. The van der Waals surface area contributed by atoms with Gasteiger partial charge in [-0.25, -0.2) is 8.78 Å². The Hall–Kier alpha value is -0.900. The Labute approximate surface area is 79.5 Å². The van der Waals surface area contributed by atoms with Gasteiger partial charge in [-0.05, 0) is 6.92 Å². The molecule has 0 aliphatic rings. The van der Waals surface area contributed by atoms with Crippen LogP contribution in [0.5, 0.6) is 5.75 Å². The molecular weight excluding hydrogens is 200 g/mol. The van der Waals surface area contributed by atoms with E-state index in [2.05, 4.69) is 4.98 Å². The van der Waals surface area contributed by atoms with E-state index < -0.39 is 6.43 Å². The maximum Gasteiger partial charge on any atom is 0.268 e. The van der Waals surface area contributed by atoms with Crippen molar-refractivity contribution >= 4 is 11.6 Å². The Bertz CT molecular complexity index is 317. The standard InChI is InChI=1S/C8H8ClF2NO/c1-4-7(9)6(8(10)11)5(13-2)3-12-4/h3,8H,1-2H3. The van der Waals surface area contributed by atoms with Gasteiger partial charge in [0.15, 0.2) is 0 Å². The number of hydrogen-bond acceptors (Lipinski definition) is 2. The third-order valence-electron chi connectivity index (χ3n) is 1.63. The number of halogens is 3. The Morgan fingerprint density at radius 3 is 2.62 bits per heavy atom. The Kier molecular flexibility index (Phi) is 3.03. The highest BCUT2D eigenvalue weighted by molar-refractivity contribution is 6.32. The predicted molar refractivity (Wildman–Crippen MR) is 45.5 cm³/mol. The third-order valence-corrected chi connectivity index (χ3v) is 2.11. The summed E-state index contributed by atoms with van der Waals surface area (Å²) in [5.41, 5.74) is 0.0782. The molecule has 0 saturated carbocycles. The van der Waals surface area contributed by atoms with E-state index in [4.69, 9.17) is 16.3 Å². The zero-order valence-corrected chi connectivity index (χ0v) is 7.90. The van der Waals surface area contributed by atoms with E-state index in [0.717, 1.165) is 0 Å². The summed E-state index contributed by atoms with van der Waals surface area (Å²) in [4.78, 5) is 3.80. The lowest BCUT2D eigenvalue weighted by molar-refractivity contribution is 0.147. The van der Waals surface area contributed by atoms with Gasteiger partial charge in [-0.15, -0.1) is 0 Å². The molecule has 0 aliphatic heterocycles. The molecule has 0 spiro atoms. The molecule has 13 heavy (non-hydrogen) atoms. The fourth-order valence-corrected chi connectivity index (χ4v) is 1.18. The van der Waals surface area contributed by atoms with Gasteiger partial charge in [0.05, 0.1) is 29.6 Å². The van der Waals surface area contributed by atoms with Crippen LogP contribution in [0.4, 0.5) is 8.78 Å². The molecule has 72 valence electrons. The number of aryl methyl sites for hydroxylation is 1. The summed E-state index contributed by atoms with van der Waals surface area (Å²) in [6.45, 7) is 1.56. The molecule has 0 aliphatic carbocycles. The second-order valence-corrected chi connectivity index (χ2v) is 2.82. The number of methoxy groups -OCH3 is 1. The molecule has 1 heterocycles. The maximum atomic E-state index is 12.5. The van der Waals surface area contributed by atoms with Crippen molar-refractivity contribution in [1.29, 1.82) is 0 Å². The van der Waals surface area contributed by atoms with E-state index in [-0.39, 0.29) is 16.3 Å². The topological polar surface area (TPSA) is 22.1 Å². The largest absolute Gasteiger partial charge is 0.495 e. The molecule has 1 aromatic heterocycles. The number of rotatable bonds is 2. The number of alkyl halides is 2. The van der Waals surface area contributed by atoms with Crippen LogP contribution in [0, 0.1) is 6.92 Å². The fourth-order valence-electron chi connectivity index (χ4n) is 0.951. The van der Waals surface area contributed by atoms with Gasteiger partial charge >= 0.3 is 0 Å². The Morgan fingerprint density at radius 1 is 1.54 bits per heavy atom. The molecular formula is C8H8ClF2NO. The summed E-state index contributed by atoms with van der Waals surface area (Å²) < 4.78 is 29.6. The van der Waals surface area contributed by atoms with E-state index in [0.29, 0.717) is 5.69 Å². The highest BCUT2D eigenvalue weighted by Crippen LogP contribution is 2.35. The number of nitrogens with zero attached hydrogens (tertiary/aromatic N) is 1. The van der Waals surface area contributed by atoms with Crippen LogP contribution in [0.3, 0.4) is 0 Å². The van der Waals surface area contributed by atoms with Crippen molar-refractivity contribution in [3.63, 3.8) is 0 Å². The Balaban J connectivity index is 3.32. The molecule has 1 rings (SSSR count). The molecule has 0 radical (unpaired) electrons. The van der Waals surface area contributed by atoms with Gasteiger partial charge in [-0.3, -0.25) is 4.98 Å². The summed E-state index contributed by atoms with van der Waals surface area (Å²) in [5.74, 6) is 0.0191. The van der Waals surface area contributed by atoms with E-state index in [1.54, 1.807) is 6.92 Å². The van der Waals surface area contributed by atoms with Crippen molar-refractivity contribution in [3.8, 4) is 5.75 Å². The van der Waals surface area contributed by atoms with Crippen molar-refractivity contribution in [2.45, 2.75) is 13.3 Å². The van der Waals surface area contributed by atoms with Gasteiger partial charge in [0.1, 0.15) is 5.75 Å². The van der Waals surface area contributed by atoms with Crippen LogP contribution in [-0.4, -0.2) is 12.1 Å². The number of hydrogen-bond donors (Lipinski definition) is 0. The van der Waals surface area contributed by atoms with Gasteiger partial charge in [0.25, 0.3) is 6.43 Å². The molecule has 5 heteroatoms. The maximum absolute atomic E-state index is 12.5. The van der Waals surface area contributed by atoms with Crippen molar-refractivity contribution in [2.75, 3.05) is 7.11 Å². The highest BCUT2D eigenvalue weighted by atomic mass is 35.5. The minimum atomic E-state index is -2.65. The summed E-state index contributed by atoms with van der Waals surface area (Å²) in [7, 11) is 1.30. The first-order chi connectivity index (χ1) is 6.07. The second kappa shape index (κ2) is 3.87. The van der Waals surface area contributed by atoms with E-state index in [1.165, 1.54) is 13.3 Å². The molecule has 1 aromatic rings. The first kappa shape index (κ1) is 10.2. The second-order valence-electron chi connectivity index (χ2n) is 2.44. The van der Waals surface area contributed by atoms with Crippen LogP contribution in [0.2, 0.25) is 5.02 Å². The van der Waals surface area contributed by atoms with Gasteiger partial charge in [-0.1, -0.05) is 11.6 Å². The van der Waals surface area contributed by atoms with Crippen LogP contribution in [0.15, 0.2) is 6.20 Å². The van der Waals surface area contributed by atoms with Crippen molar-refractivity contribution in [1.82, 2.24) is 4.98 Å². The molecule has 0 bridgehead atoms. The monoisotopic (exact) mass is 207 g/mol. The number of pyridine rings is 1. The molecule has 0 atom stereocenters. The van der Waals surface area contributed by atoms with Crippen LogP contribution in [0.1, 0.15) is 17.7 Å². The SMILES string of the molecule is COc1cnc(C)c(Cl)c1C(F)F. The molecule has 0 N–H and O–H groups in total. The number of ether oxygens (including phenoxy) is 1. The zero-order valence-electron chi connectivity index (χ0n) is 7.14. The van der Waals surface area contributed by atoms with Crippen molar-refractivity contribution in [3.05, 3.63) is 22.5 Å². The van der Waals surface area contributed by atoms with Crippen LogP contribution < -0.4 is 4.74 Å². The number of aromatic nitrogens is 1. The average Bonchev–Trinajstić information content (AvgIpc) is 2.08. The summed E-state index contributed by atoms with van der Waals surface area (Å²) in [6, 6.07) is 0. The lowest BCUT2D eigenvalue weighted by Crippen LogP contribution is -1.97. The normalized spacial score (nSPS) is 10.6. The fraction of sp³-hybridized carbons (Fsp3) is 0.375. The van der Waals surface area contributed by atoms with Crippen LogP contribution >= 0.6 is 11.6 Å². The van der Waals surface area contributed by atoms with Gasteiger partial charge in [0, 0.05) is 0 Å². The first-order valence-corrected chi connectivity index (χ1v) is 3.92. The highest BCUT2D eigenvalue weighted by Gasteiger charge is 2.19. The smallest absolute Gasteiger partial charge is 0.268 e. The molecule has 0 saturated heterocycles.